The van der Waals surface area contributed by atoms with Crippen LogP contribution in [0.1, 0.15) is 48.5 Å². The number of aliphatic hydroxyl groups is 3. The first-order chi connectivity index (χ1) is 26.0. The Morgan fingerprint density at radius 1 is 0.216 bits per heavy atom. The second-order valence-corrected chi connectivity index (χ2v) is 8.85. The van der Waals surface area contributed by atoms with Crippen molar-refractivity contribution in [1.29, 1.82) is 0 Å². The molecule has 0 atom stereocenters. The predicted molar refractivity (Wildman–Crippen MR) is 201 cm³/mol. The first-order valence-corrected chi connectivity index (χ1v) is 12.8. The number of carboxylic acids is 9. The van der Waals surface area contributed by atoms with Gasteiger partial charge in [-0.25, -0.2) is 38.4 Å². The molecule has 0 spiro atoms. The van der Waals surface area contributed by atoms with Gasteiger partial charge in [0.2, 0.25) is 0 Å². The molecule has 0 aromatic rings. The molecule has 0 bridgehead atoms. The quantitative estimate of drug-likeness (QED) is 0.0677. The molecule has 44 nitrogen and oxygen atoms in total. The Labute approximate surface area is 573 Å². The fourth-order valence-electron chi connectivity index (χ4n) is 2.14. The van der Waals surface area contributed by atoms with Gasteiger partial charge in [0.1, 0.15) is 0 Å². The van der Waals surface area contributed by atoms with Gasteiger partial charge < -0.3 is 166 Å². The molecule has 0 heterocycles. The third kappa shape index (κ3) is 157. The van der Waals surface area contributed by atoms with Gasteiger partial charge in [0.05, 0.1) is 38.5 Å². The summed E-state index contributed by atoms with van der Waals surface area (Å²) >= 11 is 0. The molecule has 0 aliphatic rings. The van der Waals surface area contributed by atoms with Crippen molar-refractivity contribution in [2.75, 3.05) is 0 Å². The van der Waals surface area contributed by atoms with Crippen LogP contribution < -0.4 is 207 Å². The van der Waals surface area contributed by atoms with Crippen LogP contribution in [-0.2, 0) is 43.2 Å². The van der Waals surface area contributed by atoms with Gasteiger partial charge in [-0.05, 0) is 0 Å². The molecule has 0 aliphatic carbocycles. The molecule has 0 amide bonds. The monoisotopic (exact) mass is 1200 g/mol. The molecule has 51 heteroatoms. The third-order valence-corrected chi connectivity index (χ3v) is 3.86. The van der Waals surface area contributed by atoms with Crippen molar-refractivity contribution in [2.24, 2.45) is 0 Å². The van der Waals surface area contributed by atoms with E-state index in [9.17, 15) is 43.2 Å². The van der Waals surface area contributed by atoms with Crippen LogP contribution in [0, 0.1) is 0 Å². The molecular formula is C23H57Na7O44. The normalized spacial score (nSPS) is 7.34. The summed E-state index contributed by atoms with van der Waals surface area (Å²) in [6.45, 7) is 0. The van der Waals surface area contributed by atoms with Crippen molar-refractivity contribution in [3.8, 4) is 0 Å². The van der Waals surface area contributed by atoms with Gasteiger partial charge >= 0.3 is 291 Å². The van der Waals surface area contributed by atoms with Crippen molar-refractivity contribution in [1.82, 2.24) is 0 Å². The first kappa shape index (κ1) is 151. The molecule has 0 rings (SSSR count). The van der Waals surface area contributed by atoms with E-state index in [1.54, 1.807) is 0 Å². The molecule has 0 radical (unpaired) electrons. The average Bonchev–Trinajstić information content (AvgIpc) is 2.89. The van der Waals surface area contributed by atoms with Crippen molar-refractivity contribution >= 4 is 84.5 Å². The van der Waals surface area contributed by atoms with Gasteiger partial charge in [-0.15, -0.1) is 0 Å². The van der Waals surface area contributed by atoms with Crippen molar-refractivity contribution in [2.45, 2.75) is 55.3 Å². The Balaban J connectivity index is -0.0000000132. The van der Waals surface area contributed by atoms with E-state index in [2.05, 4.69) is 0 Å². The van der Waals surface area contributed by atoms with E-state index in [1.807, 2.05) is 0 Å². The molecule has 74 heavy (non-hydrogen) atoms. The molecule has 0 unspecified atom stereocenters. The molecule has 0 saturated heterocycles. The van der Waals surface area contributed by atoms with Gasteiger partial charge in [0.25, 0.3) is 0 Å². The number of hydrogen-bond donors (Lipinski definition) is 22. The molecule has 0 aromatic carbocycles. The molecule has 0 saturated carbocycles. The zero-order chi connectivity index (χ0) is 49.8. The van der Waals surface area contributed by atoms with E-state index in [-0.39, 0.29) is 261 Å². The summed E-state index contributed by atoms with van der Waals surface area (Å²) in [6.07, 6.45) is -16.0. The number of rotatable bonds is 15. The van der Waals surface area contributed by atoms with E-state index >= 15 is 0 Å². The summed E-state index contributed by atoms with van der Waals surface area (Å²) in [5.41, 5.74) is -8.22. The van der Waals surface area contributed by atoms with Gasteiger partial charge in [-0.2, -0.15) is 0 Å². The Bertz CT molecular complexity index is 1270. The van der Waals surface area contributed by atoms with Gasteiger partial charge in [0.15, 0.2) is 16.8 Å². The summed E-state index contributed by atoms with van der Waals surface area (Å²) in [5, 5.41) is 171. The summed E-state index contributed by atoms with van der Waals surface area (Å²) < 4.78 is 0. The molecule has 420 valence electrons. The summed E-state index contributed by atoms with van der Waals surface area (Å²) in [6, 6.07) is 0. The van der Waals surface area contributed by atoms with E-state index in [1.165, 1.54) is 0 Å². The second kappa shape index (κ2) is 85.1. The van der Waals surface area contributed by atoms with E-state index in [4.69, 9.17) is 136 Å². The van der Waals surface area contributed by atoms with E-state index in [0.717, 1.165) is 0 Å². The smallest absolute Gasteiger partial charge is 1.00 e. The second-order valence-electron chi connectivity index (χ2n) is 8.85. The minimum atomic E-state index is -2.74. The van der Waals surface area contributed by atoms with Crippen molar-refractivity contribution in [3.05, 3.63) is 0 Å². The molecular weight excluding hydrogens is 1140 g/mol. The predicted octanol–water partition coefficient (Wildman–Crippen LogP) is -29.4. The maximum absolute atomic E-state index is 10.3. The number of aliphatic carboxylic acids is 9. The van der Waals surface area contributed by atoms with Crippen LogP contribution in [-0.4, -0.2) is 257 Å². The van der Waals surface area contributed by atoms with Crippen LogP contribution in [0.25, 0.3) is 0 Å². The largest absolute Gasteiger partial charge is 1.00 e. The maximum Gasteiger partial charge on any atom is 1.00 e. The van der Waals surface area contributed by atoms with Crippen molar-refractivity contribution < 1.29 is 440 Å². The molecule has 0 aromatic heterocycles. The Kier molecular flexibility index (Phi) is 174. The molecule has 38 N–H and O–H groups in total. The zero-order valence-corrected chi connectivity index (χ0v) is 53.3. The van der Waals surface area contributed by atoms with Gasteiger partial charge in [0, 0.05) is 0 Å². The van der Waals surface area contributed by atoms with Crippen LogP contribution in [0.5, 0.6) is 0 Å². The van der Waals surface area contributed by atoms with Crippen molar-refractivity contribution in [3.63, 3.8) is 0 Å². The van der Waals surface area contributed by atoms with Crippen LogP contribution in [0.4, 0.5) is 24.0 Å². The fourth-order valence-corrected chi connectivity index (χ4v) is 2.14. The molecule has 0 fully saturated rings. The van der Waals surface area contributed by atoms with Gasteiger partial charge in [-0.3, -0.25) is 28.8 Å². The van der Waals surface area contributed by atoms with Crippen LogP contribution >= 0.6 is 0 Å². The number of carboxylic acid groups (broad SMARTS) is 19. The Hall–Kier alpha value is -1.86. The molecule has 0 aliphatic heterocycles. The summed E-state index contributed by atoms with van der Waals surface area (Å²) in [7, 11) is 0. The number of hydrogen-bond acceptors (Lipinski definition) is 17. The SMILES string of the molecule is O.O.O.O.O.O.O.O.O=C(O)CC(O)(CC(=O)O)C(=O)O.O=C(O)CC(O)(CC(=O)O)C(=O)O.O=C(O)CC(O)(CC(=O)O)C(=O)O.O=C(O)O.O=C(O)O.O=C(O)O.O=C(O)O.O=C(O)O.[H-].[H-].[H-].[H-].[H-].[H-].[H-].[Na+].[Na+].[Na+].[Na+].[Na+].[Na+].[Na+]. The van der Waals surface area contributed by atoms with E-state index in [0.29, 0.717) is 0 Å². The van der Waals surface area contributed by atoms with E-state index < -0.39 is 140 Å². The zero-order valence-electron chi connectivity index (χ0n) is 46.3. The Morgan fingerprint density at radius 2 is 0.270 bits per heavy atom. The minimum absolute atomic E-state index is 0. The topological polar surface area (TPSA) is 936 Å². The number of carbonyl (C=O) groups is 14. The van der Waals surface area contributed by atoms with Crippen LogP contribution in [0.15, 0.2) is 0 Å². The van der Waals surface area contributed by atoms with Crippen LogP contribution in [0.3, 0.4) is 0 Å². The Morgan fingerprint density at radius 3 is 0.297 bits per heavy atom. The standard InChI is InChI=1S/3C6H8O7.5CH2O3.7Na.8H2O.7H/c3*7-3(8)1-6(13,5(11)12)2-4(9)10;5*2-1(3)4;;;;;;;;;;;;;;;;;;;;;;/h3*13H,1-2H2,(H,7,8)(H,9,10)(H,11,12);5*(H2,2,3,4);;;;;;;;8*1H2;;;;;;;/q;;;;;;;;7*+1;;;;;;;;;7*-1. The maximum atomic E-state index is 10.3. The summed E-state index contributed by atoms with van der Waals surface area (Å²) in [5.74, 6) is -15.1. The van der Waals surface area contributed by atoms with Crippen LogP contribution in [0.2, 0.25) is 0 Å². The third-order valence-electron chi connectivity index (χ3n) is 3.86. The average molecular weight is 1200 g/mol. The fraction of sp³-hybridized carbons (Fsp3) is 0.391. The van der Waals surface area contributed by atoms with Gasteiger partial charge in [-0.1, -0.05) is 0 Å². The first-order valence-electron chi connectivity index (χ1n) is 12.8. The minimum Gasteiger partial charge on any atom is -1.00 e. The summed E-state index contributed by atoms with van der Waals surface area (Å²) in [4.78, 5) is 134.